The molecule has 2 aromatic heterocycles. The van der Waals surface area contributed by atoms with Crippen molar-refractivity contribution in [2.75, 3.05) is 18.9 Å². The molecule has 1 aromatic carbocycles. The molecule has 0 aliphatic carbocycles. The molecule has 3 aromatic rings. The lowest BCUT2D eigenvalue weighted by molar-refractivity contribution is -0.192. The van der Waals surface area contributed by atoms with E-state index in [9.17, 15) is 32.3 Å². The van der Waals surface area contributed by atoms with E-state index in [-0.39, 0.29) is 18.2 Å². The van der Waals surface area contributed by atoms with Crippen molar-refractivity contribution in [1.29, 1.82) is 0 Å². The highest BCUT2D eigenvalue weighted by molar-refractivity contribution is 9.10. The van der Waals surface area contributed by atoms with Gasteiger partial charge in [0.2, 0.25) is 0 Å². The fourth-order valence-corrected chi connectivity index (χ4v) is 5.50. The number of carbonyl (C=O) groups is 1. The van der Waals surface area contributed by atoms with E-state index in [2.05, 4.69) is 30.9 Å². The van der Waals surface area contributed by atoms with Crippen molar-refractivity contribution in [2.45, 2.75) is 37.1 Å². The average molecular weight is 686 g/mol. The predicted octanol–water partition coefficient (Wildman–Crippen LogP) is 3.17. The topological polar surface area (TPSA) is 201 Å². The van der Waals surface area contributed by atoms with Gasteiger partial charge in [-0.3, -0.25) is 13.6 Å². The van der Waals surface area contributed by atoms with Gasteiger partial charge in [0.25, 0.3) is 0 Å². The van der Waals surface area contributed by atoms with Gasteiger partial charge in [0, 0.05) is 10.0 Å². The van der Waals surface area contributed by atoms with Crippen molar-refractivity contribution >= 4 is 52.5 Å². The molecule has 5 atom stereocenters. The van der Waals surface area contributed by atoms with Crippen LogP contribution in [0.4, 0.5) is 23.4 Å². The smallest absolute Gasteiger partial charge is 0.475 e. The van der Waals surface area contributed by atoms with E-state index < -0.39 is 56.4 Å². The summed E-state index contributed by atoms with van der Waals surface area (Å²) in [5.41, 5.74) is 4.93. The van der Waals surface area contributed by atoms with E-state index in [1.807, 2.05) is 0 Å². The molecule has 0 radical (unpaired) electrons. The summed E-state index contributed by atoms with van der Waals surface area (Å²) < 4.78 is 82.4. The molecule has 20 heteroatoms. The molecule has 0 amide bonds. The summed E-state index contributed by atoms with van der Waals surface area (Å²) in [5.74, 6) is -3.02. The first-order valence-corrected chi connectivity index (χ1v) is 13.8. The summed E-state index contributed by atoms with van der Waals surface area (Å²) in [6.07, 6.45) is -4.71. The highest BCUT2D eigenvalue weighted by Crippen LogP contribution is 2.56. The number of anilines is 1. The Bertz CT molecular complexity index is 1570. The quantitative estimate of drug-likeness (QED) is 0.226. The van der Waals surface area contributed by atoms with Crippen molar-refractivity contribution in [1.82, 2.24) is 19.5 Å². The Balaban J connectivity index is 0.000000517. The molecular weight excluding hydrogens is 665 g/mol. The number of hydrogen-bond donors (Lipinski definition) is 4. The molecule has 4 heterocycles. The van der Waals surface area contributed by atoms with E-state index in [0.717, 1.165) is 0 Å². The van der Waals surface area contributed by atoms with Crippen LogP contribution in [0.15, 0.2) is 41.4 Å². The number of benzene rings is 1. The number of aliphatic carboxylic acids is 1. The summed E-state index contributed by atoms with van der Waals surface area (Å²) in [5, 5.41) is 28.9. The van der Waals surface area contributed by atoms with Crippen molar-refractivity contribution in [2.24, 2.45) is 0 Å². The van der Waals surface area contributed by atoms with Crippen molar-refractivity contribution in [3.8, 4) is 0 Å². The lowest BCUT2D eigenvalue weighted by Gasteiger charge is -2.27. The number of carboxylic acid groups (broad SMARTS) is 1. The van der Waals surface area contributed by atoms with Crippen LogP contribution in [-0.4, -0.2) is 78.0 Å². The van der Waals surface area contributed by atoms with E-state index in [0.29, 0.717) is 21.2 Å². The summed E-state index contributed by atoms with van der Waals surface area (Å²) in [6.45, 7) is 0.801. The van der Waals surface area contributed by atoms with Crippen LogP contribution < -0.4 is 5.73 Å². The monoisotopic (exact) mass is 685 g/mol. The highest BCUT2D eigenvalue weighted by Gasteiger charge is 2.54. The SMILES string of the molecule is C[C@@]1(O)[C@H](O)[C@@H](COP2(=O)OCC=C(c3cc(F)ccc3Br)O2)O[C@H]1n1cnc2c(N)ncnc21.O=C(O)C(F)(F)F. The molecule has 2 aliphatic heterocycles. The Morgan fingerprint density at radius 2 is 2.02 bits per heavy atom. The average Bonchev–Trinajstić information content (AvgIpc) is 3.43. The van der Waals surface area contributed by atoms with Gasteiger partial charge in [-0.2, -0.15) is 13.2 Å². The maximum absolute atomic E-state index is 13.7. The fourth-order valence-electron chi connectivity index (χ4n) is 3.88. The lowest BCUT2D eigenvalue weighted by Crippen LogP contribution is -2.44. The third-order valence-corrected chi connectivity index (χ3v) is 7.98. The van der Waals surface area contributed by atoms with E-state index in [4.69, 9.17) is 33.9 Å². The second kappa shape index (κ2) is 11.8. The van der Waals surface area contributed by atoms with Crippen LogP contribution in [0.5, 0.6) is 0 Å². The summed E-state index contributed by atoms with van der Waals surface area (Å²) >= 11 is 3.30. The van der Waals surface area contributed by atoms with Crippen LogP contribution >= 0.6 is 23.8 Å². The van der Waals surface area contributed by atoms with Gasteiger partial charge in [-0.15, -0.1) is 0 Å². The standard InChI is InChI=1S/C20H20BrFN5O7P.C2HF3O2/c1-20(29)16(28)14(33-19(20)27-9-26-15-17(23)24-8-25-18(15)27)7-32-35(30)31-5-4-13(34-35)11-6-10(22)2-3-12(11)21;3-2(4,5)1(6)7/h2-4,6,8-9,14,16,19,28-29H,5,7H2,1H3,(H2,23,24,25);(H,6,7)/t14-,16-,19-,20-,35?;/m1./s1. The molecule has 1 saturated heterocycles. The first-order chi connectivity index (χ1) is 19.5. The number of ether oxygens (including phenoxy) is 1. The minimum Gasteiger partial charge on any atom is -0.475 e. The van der Waals surface area contributed by atoms with Crippen LogP contribution in [-0.2, 0) is 27.7 Å². The van der Waals surface area contributed by atoms with Gasteiger partial charge in [0.15, 0.2) is 17.7 Å². The van der Waals surface area contributed by atoms with Crippen LogP contribution in [0, 0.1) is 5.82 Å². The third kappa shape index (κ3) is 6.56. The van der Waals surface area contributed by atoms with Gasteiger partial charge in [0.05, 0.1) is 19.5 Å². The molecule has 5 N–H and O–H groups in total. The van der Waals surface area contributed by atoms with Gasteiger partial charge in [-0.25, -0.2) is 28.7 Å². The number of halogens is 5. The number of imidazole rings is 1. The first kappa shape index (κ1) is 31.7. The minimum absolute atomic E-state index is 0.103. The van der Waals surface area contributed by atoms with E-state index in [1.165, 1.54) is 48.4 Å². The number of fused-ring (bicyclic) bond motifs is 1. The Morgan fingerprint density at radius 3 is 2.69 bits per heavy atom. The number of nitrogens with two attached hydrogens (primary N) is 1. The number of phosphoric acid groups is 1. The molecule has 5 rings (SSSR count). The number of hydrogen-bond acceptors (Lipinski definition) is 12. The Labute approximate surface area is 241 Å². The van der Waals surface area contributed by atoms with Gasteiger partial charge in [0.1, 0.15) is 41.2 Å². The highest BCUT2D eigenvalue weighted by atomic mass is 79.9. The zero-order valence-corrected chi connectivity index (χ0v) is 23.6. The summed E-state index contributed by atoms with van der Waals surface area (Å²) in [7, 11) is -4.16. The molecule has 14 nitrogen and oxygen atoms in total. The molecule has 1 fully saturated rings. The second-order valence-corrected chi connectivity index (χ2v) is 11.4. The molecule has 2 aliphatic rings. The van der Waals surface area contributed by atoms with Crippen LogP contribution in [0.1, 0.15) is 18.7 Å². The van der Waals surface area contributed by atoms with Crippen LogP contribution in [0.3, 0.4) is 0 Å². The number of aliphatic hydroxyl groups excluding tert-OH is 1. The number of aliphatic hydroxyl groups is 2. The number of rotatable bonds is 5. The number of alkyl halides is 3. The maximum atomic E-state index is 13.7. The number of phosphoric ester groups is 1. The number of aromatic nitrogens is 4. The largest absolute Gasteiger partial charge is 0.530 e. The summed E-state index contributed by atoms with van der Waals surface area (Å²) in [4.78, 5) is 21.0. The second-order valence-electron chi connectivity index (χ2n) is 8.91. The number of nitrogens with zero attached hydrogens (tertiary/aromatic N) is 4. The Kier molecular flexibility index (Phi) is 8.94. The lowest BCUT2D eigenvalue weighted by atomic mass is 9.96. The van der Waals surface area contributed by atoms with Gasteiger partial charge in [-0.05, 0) is 31.2 Å². The van der Waals surface area contributed by atoms with Crippen LogP contribution in [0.2, 0.25) is 0 Å². The van der Waals surface area contributed by atoms with Gasteiger partial charge in [-0.1, -0.05) is 15.9 Å². The molecule has 0 saturated carbocycles. The molecule has 1 unspecified atom stereocenters. The minimum atomic E-state index is -5.08. The van der Waals surface area contributed by atoms with E-state index in [1.54, 1.807) is 0 Å². The van der Waals surface area contributed by atoms with Crippen molar-refractivity contribution < 1.29 is 60.5 Å². The van der Waals surface area contributed by atoms with Crippen molar-refractivity contribution in [3.63, 3.8) is 0 Å². The van der Waals surface area contributed by atoms with Crippen molar-refractivity contribution in [3.05, 3.63) is 52.8 Å². The van der Waals surface area contributed by atoms with E-state index >= 15 is 0 Å². The van der Waals surface area contributed by atoms with Gasteiger partial charge >= 0.3 is 20.0 Å². The zero-order chi connectivity index (χ0) is 31.0. The Morgan fingerprint density at radius 1 is 1.33 bits per heavy atom. The third-order valence-electron chi connectivity index (χ3n) is 5.94. The number of carboxylic acids is 1. The summed E-state index contributed by atoms with van der Waals surface area (Å²) in [6, 6.07) is 3.96. The normalized spacial score (nSPS) is 27.6. The molecule has 228 valence electrons. The van der Waals surface area contributed by atoms with Gasteiger partial charge < -0.3 is 30.3 Å². The molecule has 0 spiro atoms. The Hall–Kier alpha value is -3.19. The predicted molar refractivity (Wildman–Crippen MR) is 137 cm³/mol. The fraction of sp³-hybridized carbons (Fsp3) is 0.364. The molecular formula is C22H21BrF4N5O9P. The first-order valence-electron chi connectivity index (χ1n) is 11.6. The zero-order valence-electron chi connectivity index (χ0n) is 21.1. The number of nitrogen functional groups attached to an aromatic ring is 1. The van der Waals surface area contributed by atoms with Crippen LogP contribution in [0.25, 0.3) is 16.9 Å². The molecule has 0 bridgehead atoms. The molecule has 42 heavy (non-hydrogen) atoms. The maximum Gasteiger partial charge on any atom is 0.530 e.